The molecule has 3 rings (SSSR count). The molecule has 2 aromatic heterocycles. The van der Waals surface area contributed by atoms with Crippen molar-refractivity contribution in [2.75, 3.05) is 6.61 Å². The monoisotopic (exact) mass is 241 g/mol. The number of benzene rings is 1. The summed E-state index contributed by atoms with van der Waals surface area (Å²) >= 11 is 0. The number of ether oxygens (including phenoxy) is 1. The largest absolute Gasteiger partial charge is 0.464 e. The SMILES string of the molecule is CCOC(=O)c1nc2ccccc2c2occc12. The highest BCUT2D eigenvalue weighted by molar-refractivity contribution is 6.10. The van der Waals surface area contributed by atoms with Crippen molar-refractivity contribution in [2.24, 2.45) is 0 Å². The van der Waals surface area contributed by atoms with Crippen molar-refractivity contribution in [3.05, 3.63) is 42.3 Å². The molecule has 0 bridgehead atoms. The number of esters is 1. The first-order valence-electron chi connectivity index (χ1n) is 5.74. The van der Waals surface area contributed by atoms with Gasteiger partial charge in [0, 0.05) is 5.39 Å². The predicted molar refractivity (Wildman–Crippen MR) is 67.5 cm³/mol. The zero-order chi connectivity index (χ0) is 12.5. The van der Waals surface area contributed by atoms with Crippen LogP contribution in [-0.2, 0) is 4.74 Å². The average molecular weight is 241 g/mol. The molecule has 18 heavy (non-hydrogen) atoms. The van der Waals surface area contributed by atoms with Gasteiger partial charge in [0.25, 0.3) is 0 Å². The maximum absolute atomic E-state index is 11.9. The van der Waals surface area contributed by atoms with Crippen LogP contribution < -0.4 is 0 Å². The molecule has 0 radical (unpaired) electrons. The van der Waals surface area contributed by atoms with Crippen LogP contribution in [0, 0.1) is 0 Å². The van der Waals surface area contributed by atoms with Crippen LogP contribution in [0.2, 0.25) is 0 Å². The van der Waals surface area contributed by atoms with E-state index in [0.717, 1.165) is 10.9 Å². The number of nitrogens with zero attached hydrogens (tertiary/aromatic N) is 1. The molecular weight excluding hydrogens is 230 g/mol. The molecule has 90 valence electrons. The molecule has 0 saturated carbocycles. The third kappa shape index (κ3) is 1.54. The normalized spacial score (nSPS) is 10.9. The molecule has 4 nitrogen and oxygen atoms in total. The van der Waals surface area contributed by atoms with Crippen LogP contribution in [0.4, 0.5) is 0 Å². The third-order valence-electron chi connectivity index (χ3n) is 2.77. The Hall–Kier alpha value is -2.36. The number of carbonyl (C=O) groups excluding carboxylic acids is 1. The molecule has 2 heterocycles. The summed E-state index contributed by atoms with van der Waals surface area (Å²) in [6.45, 7) is 2.10. The van der Waals surface area contributed by atoms with Crippen LogP contribution in [0.15, 0.2) is 41.0 Å². The van der Waals surface area contributed by atoms with Crippen LogP contribution in [0.25, 0.3) is 21.9 Å². The van der Waals surface area contributed by atoms with E-state index in [1.54, 1.807) is 19.3 Å². The lowest BCUT2D eigenvalue weighted by atomic mass is 10.1. The van der Waals surface area contributed by atoms with E-state index in [-0.39, 0.29) is 0 Å². The Bertz CT molecular complexity index is 730. The minimum Gasteiger partial charge on any atom is -0.464 e. The molecule has 0 aliphatic heterocycles. The number of hydrogen-bond acceptors (Lipinski definition) is 4. The van der Waals surface area contributed by atoms with Gasteiger partial charge in [-0.05, 0) is 25.1 Å². The van der Waals surface area contributed by atoms with Gasteiger partial charge in [-0.2, -0.15) is 0 Å². The molecular formula is C14H11NO3. The summed E-state index contributed by atoms with van der Waals surface area (Å²) in [4.78, 5) is 16.2. The van der Waals surface area contributed by atoms with Gasteiger partial charge >= 0.3 is 5.97 Å². The van der Waals surface area contributed by atoms with Gasteiger partial charge in [-0.1, -0.05) is 12.1 Å². The van der Waals surface area contributed by atoms with Gasteiger partial charge in [0.2, 0.25) is 0 Å². The second-order valence-corrected chi connectivity index (χ2v) is 3.86. The van der Waals surface area contributed by atoms with Crippen LogP contribution in [0.1, 0.15) is 17.4 Å². The van der Waals surface area contributed by atoms with Gasteiger partial charge in [0.15, 0.2) is 5.69 Å². The van der Waals surface area contributed by atoms with Gasteiger partial charge in [-0.3, -0.25) is 0 Å². The average Bonchev–Trinajstić information content (AvgIpc) is 2.87. The van der Waals surface area contributed by atoms with E-state index in [1.165, 1.54) is 0 Å². The quantitative estimate of drug-likeness (QED) is 0.647. The van der Waals surface area contributed by atoms with Crippen molar-refractivity contribution in [3.63, 3.8) is 0 Å². The number of para-hydroxylation sites is 1. The minimum atomic E-state index is -0.422. The summed E-state index contributed by atoms with van der Waals surface area (Å²) in [5, 5.41) is 1.58. The van der Waals surface area contributed by atoms with Crippen molar-refractivity contribution in [1.82, 2.24) is 4.98 Å². The minimum absolute atomic E-state index is 0.305. The van der Waals surface area contributed by atoms with Crippen LogP contribution in [0.3, 0.4) is 0 Å². The van der Waals surface area contributed by atoms with Crippen molar-refractivity contribution < 1.29 is 13.9 Å². The van der Waals surface area contributed by atoms with Crippen molar-refractivity contribution >= 4 is 27.8 Å². The summed E-state index contributed by atoms with van der Waals surface area (Å²) in [5.74, 6) is -0.422. The number of carbonyl (C=O) groups is 1. The highest BCUT2D eigenvalue weighted by Gasteiger charge is 2.17. The second kappa shape index (κ2) is 4.14. The van der Waals surface area contributed by atoms with E-state index in [2.05, 4.69) is 4.98 Å². The Balaban J connectivity index is 2.35. The highest BCUT2D eigenvalue weighted by atomic mass is 16.5. The number of pyridine rings is 1. The Morgan fingerprint density at radius 1 is 1.28 bits per heavy atom. The van der Waals surface area contributed by atoms with E-state index in [4.69, 9.17) is 9.15 Å². The molecule has 0 saturated heterocycles. The van der Waals surface area contributed by atoms with E-state index in [9.17, 15) is 4.79 Å². The molecule has 0 aliphatic carbocycles. The maximum Gasteiger partial charge on any atom is 0.357 e. The second-order valence-electron chi connectivity index (χ2n) is 3.86. The van der Waals surface area contributed by atoms with E-state index in [1.807, 2.05) is 24.3 Å². The molecule has 0 aliphatic rings. The topological polar surface area (TPSA) is 52.3 Å². The van der Waals surface area contributed by atoms with Crippen molar-refractivity contribution in [3.8, 4) is 0 Å². The zero-order valence-corrected chi connectivity index (χ0v) is 9.84. The first-order valence-corrected chi connectivity index (χ1v) is 5.74. The molecule has 0 unspecified atom stereocenters. The Kier molecular flexibility index (Phi) is 2.48. The fourth-order valence-corrected chi connectivity index (χ4v) is 2.00. The van der Waals surface area contributed by atoms with Gasteiger partial charge in [0.1, 0.15) is 5.58 Å². The molecule has 0 atom stereocenters. The molecule has 0 spiro atoms. The highest BCUT2D eigenvalue weighted by Crippen LogP contribution is 2.27. The fourth-order valence-electron chi connectivity index (χ4n) is 2.00. The lowest BCUT2D eigenvalue weighted by Gasteiger charge is -2.04. The summed E-state index contributed by atoms with van der Waals surface area (Å²) in [5.41, 5.74) is 1.70. The Labute approximate surface area is 103 Å². The number of aromatic nitrogens is 1. The van der Waals surface area contributed by atoms with Gasteiger partial charge < -0.3 is 9.15 Å². The first kappa shape index (κ1) is 10.8. The Morgan fingerprint density at radius 3 is 2.94 bits per heavy atom. The summed E-state index contributed by atoms with van der Waals surface area (Å²) < 4.78 is 10.5. The summed E-state index contributed by atoms with van der Waals surface area (Å²) in [6.07, 6.45) is 1.56. The number of rotatable bonds is 2. The Morgan fingerprint density at radius 2 is 2.11 bits per heavy atom. The number of furan rings is 1. The van der Waals surface area contributed by atoms with Crippen LogP contribution in [0.5, 0.6) is 0 Å². The van der Waals surface area contributed by atoms with E-state index < -0.39 is 5.97 Å². The molecule has 0 amide bonds. The molecule has 1 aromatic carbocycles. The zero-order valence-electron chi connectivity index (χ0n) is 9.84. The molecule has 3 aromatic rings. The van der Waals surface area contributed by atoms with Crippen LogP contribution in [-0.4, -0.2) is 17.6 Å². The lowest BCUT2D eigenvalue weighted by Crippen LogP contribution is -2.07. The lowest BCUT2D eigenvalue weighted by molar-refractivity contribution is 0.0522. The smallest absolute Gasteiger partial charge is 0.357 e. The molecule has 0 N–H and O–H groups in total. The van der Waals surface area contributed by atoms with Crippen molar-refractivity contribution in [1.29, 1.82) is 0 Å². The fraction of sp³-hybridized carbons (Fsp3) is 0.143. The van der Waals surface area contributed by atoms with Gasteiger partial charge in [-0.15, -0.1) is 0 Å². The summed E-state index contributed by atoms with van der Waals surface area (Å²) in [7, 11) is 0. The maximum atomic E-state index is 11.9. The van der Waals surface area contributed by atoms with Gasteiger partial charge in [-0.25, -0.2) is 9.78 Å². The standard InChI is InChI=1S/C14H11NO3/c1-2-17-14(16)12-10-7-8-18-13(10)9-5-3-4-6-11(9)15-12/h3-8H,2H2,1H3. The molecule has 0 fully saturated rings. The number of fused-ring (bicyclic) bond motifs is 3. The first-order chi connectivity index (χ1) is 8.81. The molecule has 4 heteroatoms. The van der Waals surface area contributed by atoms with E-state index >= 15 is 0 Å². The van der Waals surface area contributed by atoms with Gasteiger partial charge in [0.05, 0.1) is 23.8 Å². The predicted octanol–water partition coefficient (Wildman–Crippen LogP) is 3.16. The third-order valence-corrected chi connectivity index (χ3v) is 2.77. The van der Waals surface area contributed by atoms with Crippen LogP contribution >= 0.6 is 0 Å². The summed E-state index contributed by atoms with van der Waals surface area (Å²) in [6, 6.07) is 9.29. The number of hydrogen-bond donors (Lipinski definition) is 0. The van der Waals surface area contributed by atoms with E-state index in [0.29, 0.717) is 23.3 Å². The van der Waals surface area contributed by atoms with Crippen molar-refractivity contribution in [2.45, 2.75) is 6.92 Å².